The number of hydrogen-bond donors (Lipinski definition) is 2. The Morgan fingerprint density at radius 2 is 1.52 bits per heavy atom. The van der Waals surface area contributed by atoms with Crippen LogP contribution in [0, 0.1) is 25.5 Å². The molecule has 0 spiro atoms. The summed E-state index contributed by atoms with van der Waals surface area (Å²) in [4.78, 5) is 12.4. The van der Waals surface area contributed by atoms with E-state index in [2.05, 4.69) is 10.0 Å². The molecular weight excluding hydrogens is 398 g/mol. The van der Waals surface area contributed by atoms with E-state index in [9.17, 15) is 22.0 Å². The quantitative estimate of drug-likeness (QED) is 0.637. The summed E-state index contributed by atoms with van der Waals surface area (Å²) in [6, 6.07) is 13.9. The average Bonchev–Trinajstić information content (AvgIpc) is 2.66. The van der Waals surface area contributed by atoms with Crippen molar-refractivity contribution in [2.45, 2.75) is 18.7 Å². The van der Waals surface area contributed by atoms with Crippen molar-refractivity contribution in [2.24, 2.45) is 0 Å². The van der Waals surface area contributed by atoms with E-state index in [4.69, 9.17) is 0 Å². The van der Waals surface area contributed by atoms with Crippen molar-refractivity contribution in [3.63, 3.8) is 0 Å². The predicted octanol–water partition coefficient (Wildman–Crippen LogP) is 4.63. The molecule has 0 aliphatic heterocycles. The highest BCUT2D eigenvalue weighted by Crippen LogP contribution is 2.23. The number of amides is 1. The summed E-state index contributed by atoms with van der Waals surface area (Å²) in [6.07, 6.45) is 0. The van der Waals surface area contributed by atoms with Crippen LogP contribution in [0.15, 0.2) is 65.6 Å². The number of carbonyl (C=O) groups excluding carboxylic acids is 1. The number of para-hydroxylation sites is 1. The van der Waals surface area contributed by atoms with Gasteiger partial charge in [0.1, 0.15) is 17.3 Å². The molecule has 150 valence electrons. The standard InChI is InChI=1S/C21H18F2N2O3S/c1-13-6-9-16(10-7-13)29(27,28)25-19-11-8-15(12-14(19)2)21(26)24-20-17(22)4-3-5-18(20)23/h3-12,25H,1-2H3,(H,24,26). The second-order valence-electron chi connectivity index (χ2n) is 6.50. The molecule has 3 rings (SSSR count). The molecule has 2 N–H and O–H groups in total. The molecule has 3 aromatic carbocycles. The van der Waals surface area contributed by atoms with Gasteiger partial charge < -0.3 is 5.32 Å². The SMILES string of the molecule is Cc1ccc(S(=O)(=O)Nc2ccc(C(=O)Nc3c(F)cccc3F)cc2C)cc1. The van der Waals surface area contributed by atoms with Gasteiger partial charge in [-0.2, -0.15) is 0 Å². The minimum atomic E-state index is -3.80. The molecule has 8 heteroatoms. The first-order chi connectivity index (χ1) is 13.7. The van der Waals surface area contributed by atoms with Crippen LogP contribution in [0.25, 0.3) is 0 Å². The maximum Gasteiger partial charge on any atom is 0.261 e. The Hall–Kier alpha value is -3.26. The van der Waals surface area contributed by atoms with Crippen molar-refractivity contribution in [3.05, 3.63) is 89.0 Å². The second-order valence-corrected chi connectivity index (χ2v) is 8.18. The summed E-state index contributed by atoms with van der Waals surface area (Å²) in [5, 5.41) is 2.19. The summed E-state index contributed by atoms with van der Waals surface area (Å²) in [5.41, 5.74) is 1.28. The van der Waals surface area contributed by atoms with Crippen molar-refractivity contribution in [1.29, 1.82) is 0 Å². The maximum atomic E-state index is 13.7. The van der Waals surface area contributed by atoms with Gasteiger partial charge >= 0.3 is 0 Å². The zero-order chi connectivity index (χ0) is 21.2. The number of halogens is 2. The van der Waals surface area contributed by atoms with Crippen LogP contribution in [-0.4, -0.2) is 14.3 Å². The molecule has 5 nitrogen and oxygen atoms in total. The van der Waals surface area contributed by atoms with Crippen molar-refractivity contribution in [3.8, 4) is 0 Å². The third-order valence-corrected chi connectivity index (χ3v) is 5.65. The molecule has 0 aliphatic carbocycles. The van der Waals surface area contributed by atoms with E-state index in [1.165, 1.54) is 36.4 Å². The highest BCUT2D eigenvalue weighted by Gasteiger charge is 2.17. The maximum absolute atomic E-state index is 13.7. The Labute approximate surface area is 167 Å². The minimum Gasteiger partial charge on any atom is -0.317 e. The van der Waals surface area contributed by atoms with Crippen LogP contribution >= 0.6 is 0 Å². The monoisotopic (exact) mass is 416 g/mol. The molecule has 0 fully saturated rings. The molecule has 3 aromatic rings. The Bertz CT molecular complexity index is 1160. The highest BCUT2D eigenvalue weighted by molar-refractivity contribution is 7.92. The number of sulfonamides is 1. The first-order valence-corrected chi connectivity index (χ1v) is 10.1. The zero-order valence-corrected chi connectivity index (χ0v) is 16.5. The lowest BCUT2D eigenvalue weighted by Gasteiger charge is -2.13. The van der Waals surface area contributed by atoms with Crippen LogP contribution in [-0.2, 0) is 10.0 Å². The Morgan fingerprint density at radius 3 is 2.10 bits per heavy atom. The zero-order valence-electron chi connectivity index (χ0n) is 15.7. The summed E-state index contributed by atoms with van der Waals surface area (Å²) in [6.45, 7) is 3.47. The van der Waals surface area contributed by atoms with Crippen LogP contribution in [0.1, 0.15) is 21.5 Å². The summed E-state index contributed by atoms with van der Waals surface area (Å²) in [5.74, 6) is -2.50. The molecule has 0 heterocycles. The van der Waals surface area contributed by atoms with E-state index in [1.54, 1.807) is 19.1 Å². The lowest BCUT2D eigenvalue weighted by atomic mass is 10.1. The van der Waals surface area contributed by atoms with Gasteiger partial charge in [0.05, 0.1) is 10.6 Å². The minimum absolute atomic E-state index is 0.111. The number of aryl methyl sites for hydroxylation is 2. The van der Waals surface area contributed by atoms with Gasteiger partial charge in [0.2, 0.25) is 0 Å². The van der Waals surface area contributed by atoms with E-state index >= 15 is 0 Å². The van der Waals surface area contributed by atoms with Crippen LogP contribution in [0.5, 0.6) is 0 Å². The second kappa shape index (κ2) is 8.00. The van der Waals surface area contributed by atoms with E-state index < -0.39 is 33.3 Å². The van der Waals surface area contributed by atoms with Gasteiger partial charge in [-0.05, 0) is 61.9 Å². The van der Waals surface area contributed by atoms with Gasteiger partial charge in [-0.25, -0.2) is 17.2 Å². The van der Waals surface area contributed by atoms with Crippen molar-refractivity contribution >= 4 is 27.3 Å². The number of rotatable bonds is 5. The number of hydrogen-bond acceptors (Lipinski definition) is 3. The topological polar surface area (TPSA) is 75.3 Å². The summed E-state index contributed by atoms with van der Waals surface area (Å²) < 4.78 is 55.0. The Balaban J connectivity index is 1.81. The molecule has 0 saturated carbocycles. The first kappa shape index (κ1) is 20.5. The fourth-order valence-corrected chi connectivity index (χ4v) is 3.77. The van der Waals surface area contributed by atoms with Crippen LogP contribution < -0.4 is 10.0 Å². The Kier molecular flexibility index (Phi) is 5.65. The normalized spacial score (nSPS) is 11.2. The molecule has 0 unspecified atom stereocenters. The molecule has 0 saturated heterocycles. The molecular formula is C21H18F2N2O3S. The smallest absolute Gasteiger partial charge is 0.261 e. The number of anilines is 2. The van der Waals surface area contributed by atoms with Gasteiger partial charge in [-0.1, -0.05) is 23.8 Å². The van der Waals surface area contributed by atoms with Crippen LogP contribution in [0.2, 0.25) is 0 Å². The van der Waals surface area contributed by atoms with E-state index in [-0.39, 0.29) is 10.5 Å². The van der Waals surface area contributed by atoms with Gasteiger partial charge in [0.25, 0.3) is 15.9 Å². The lowest BCUT2D eigenvalue weighted by Crippen LogP contribution is -2.16. The fraction of sp³-hybridized carbons (Fsp3) is 0.0952. The predicted molar refractivity (Wildman–Crippen MR) is 107 cm³/mol. The van der Waals surface area contributed by atoms with Gasteiger partial charge in [0, 0.05) is 5.56 Å². The number of benzene rings is 3. The lowest BCUT2D eigenvalue weighted by molar-refractivity contribution is 0.102. The molecule has 0 aliphatic rings. The molecule has 1 amide bonds. The summed E-state index contributed by atoms with van der Waals surface area (Å²) in [7, 11) is -3.80. The van der Waals surface area contributed by atoms with E-state index in [0.717, 1.165) is 17.7 Å². The fourth-order valence-electron chi connectivity index (χ4n) is 2.64. The molecule has 0 aromatic heterocycles. The van der Waals surface area contributed by atoms with Crippen LogP contribution in [0.4, 0.5) is 20.2 Å². The first-order valence-electron chi connectivity index (χ1n) is 8.63. The van der Waals surface area contributed by atoms with E-state index in [0.29, 0.717) is 11.3 Å². The Morgan fingerprint density at radius 1 is 0.897 bits per heavy atom. The third kappa shape index (κ3) is 4.60. The van der Waals surface area contributed by atoms with Crippen molar-refractivity contribution in [2.75, 3.05) is 10.0 Å². The number of carbonyl (C=O) groups is 1. The third-order valence-electron chi connectivity index (χ3n) is 4.27. The highest BCUT2D eigenvalue weighted by atomic mass is 32.2. The largest absolute Gasteiger partial charge is 0.317 e. The molecule has 29 heavy (non-hydrogen) atoms. The molecule has 0 atom stereocenters. The molecule has 0 bridgehead atoms. The van der Waals surface area contributed by atoms with Gasteiger partial charge in [-0.15, -0.1) is 0 Å². The molecule has 0 radical (unpaired) electrons. The van der Waals surface area contributed by atoms with Gasteiger partial charge in [0.15, 0.2) is 0 Å². The van der Waals surface area contributed by atoms with Gasteiger partial charge in [-0.3, -0.25) is 9.52 Å². The number of nitrogens with one attached hydrogen (secondary N) is 2. The van der Waals surface area contributed by atoms with Crippen molar-refractivity contribution in [1.82, 2.24) is 0 Å². The van der Waals surface area contributed by atoms with E-state index in [1.807, 2.05) is 6.92 Å². The van der Waals surface area contributed by atoms with Crippen molar-refractivity contribution < 1.29 is 22.0 Å². The van der Waals surface area contributed by atoms with Crippen LogP contribution in [0.3, 0.4) is 0 Å². The summed E-state index contributed by atoms with van der Waals surface area (Å²) >= 11 is 0. The average molecular weight is 416 g/mol.